The molecular weight excluding hydrogens is 357 g/mol. The summed E-state index contributed by atoms with van der Waals surface area (Å²) < 4.78 is 29.6. The first-order valence-corrected chi connectivity index (χ1v) is 9.65. The van der Waals surface area contributed by atoms with Crippen LogP contribution in [-0.2, 0) is 10.0 Å². The number of benzene rings is 1. The number of aryl methyl sites for hydroxylation is 1. The Morgan fingerprint density at radius 3 is 2.65 bits per heavy atom. The summed E-state index contributed by atoms with van der Waals surface area (Å²) in [6.45, 7) is 1.69. The van der Waals surface area contributed by atoms with Crippen LogP contribution in [-0.4, -0.2) is 18.2 Å². The van der Waals surface area contributed by atoms with Gasteiger partial charge >= 0.3 is 0 Å². The van der Waals surface area contributed by atoms with Crippen molar-refractivity contribution in [3.05, 3.63) is 40.1 Å². The molecule has 1 aliphatic carbocycles. The Labute approximate surface area is 145 Å². The third kappa shape index (κ3) is 3.34. The number of nitrogens with one attached hydrogen (secondary N) is 1. The Kier molecular flexibility index (Phi) is 4.58. The zero-order chi connectivity index (χ0) is 16.6. The van der Waals surface area contributed by atoms with Gasteiger partial charge in [-0.05, 0) is 31.9 Å². The van der Waals surface area contributed by atoms with Crippen LogP contribution in [0.25, 0.3) is 0 Å². The van der Waals surface area contributed by atoms with Gasteiger partial charge in [-0.2, -0.15) is 5.10 Å². The number of halogens is 2. The summed E-state index contributed by atoms with van der Waals surface area (Å²) in [7, 11) is -3.77. The number of rotatable bonds is 4. The lowest BCUT2D eigenvalue weighted by molar-refractivity contribution is 0.464. The summed E-state index contributed by atoms with van der Waals surface area (Å²) >= 11 is 12.0. The summed E-state index contributed by atoms with van der Waals surface area (Å²) in [6.07, 6.45) is 5.98. The lowest BCUT2D eigenvalue weighted by Gasteiger charge is -2.10. The first kappa shape index (κ1) is 16.6. The Morgan fingerprint density at radius 2 is 1.96 bits per heavy atom. The van der Waals surface area contributed by atoms with Crippen LogP contribution < -0.4 is 4.72 Å². The zero-order valence-electron chi connectivity index (χ0n) is 12.6. The quantitative estimate of drug-likeness (QED) is 0.862. The van der Waals surface area contributed by atoms with Gasteiger partial charge in [0, 0.05) is 6.20 Å². The van der Waals surface area contributed by atoms with Crippen molar-refractivity contribution in [2.75, 3.05) is 4.72 Å². The molecule has 1 aromatic carbocycles. The highest BCUT2D eigenvalue weighted by molar-refractivity contribution is 7.92. The minimum Gasteiger partial charge on any atom is -0.278 e. The van der Waals surface area contributed by atoms with E-state index in [1.165, 1.54) is 0 Å². The largest absolute Gasteiger partial charge is 0.278 e. The summed E-state index contributed by atoms with van der Waals surface area (Å²) in [6, 6.07) is 5.10. The summed E-state index contributed by atoms with van der Waals surface area (Å²) in [5.74, 6) is 0. The van der Waals surface area contributed by atoms with Crippen molar-refractivity contribution in [1.29, 1.82) is 0 Å². The highest BCUT2D eigenvalue weighted by Gasteiger charge is 2.25. The van der Waals surface area contributed by atoms with Gasteiger partial charge in [-0.1, -0.05) is 42.1 Å². The van der Waals surface area contributed by atoms with Crippen LogP contribution in [0.1, 0.15) is 37.4 Å². The van der Waals surface area contributed by atoms with Gasteiger partial charge in [0.05, 0.1) is 27.5 Å². The average Bonchev–Trinajstić information content (AvgIpc) is 3.13. The molecular formula is C15H17Cl2N3O2S. The van der Waals surface area contributed by atoms with E-state index in [0.717, 1.165) is 25.7 Å². The molecule has 1 aromatic heterocycles. The molecule has 0 amide bonds. The molecule has 0 aliphatic heterocycles. The average molecular weight is 374 g/mol. The first-order valence-electron chi connectivity index (χ1n) is 7.41. The lowest BCUT2D eigenvalue weighted by Crippen LogP contribution is -2.14. The van der Waals surface area contributed by atoms with Crippen LogP contribution >= 0.6 is 23.2 Å². The van der Waals surface area contributed by atoms with E-state index < -0.39 is 10.0 Å². The number of nitrogens with zero attached hydrogens (tertiary/aromatic N) is 2. The standard InChI is InChI=1S/C15H17Cl2N3O2S/c1-10-14(9-20(18-10)11-5-2-3-6-11)23(21,22)19-13-8-4-7-12(16)15(13)17/h4,7-9,11,19H,2-3,5-6H2,1H3. The van der Waals surface area contributed by atoms with E-state index in [1.807, 2.05) is 0 Å². The van der Waals surface area contributed by atoms with Gasteiger partial charge in [-0.25, -0.2) is 8.42 Å². The van der Waals surface area contributed by atoms with Gasteiger partial charge in [0.15, 0.2) is 0 Å². The van der Waals surface area contributed by atoms with E-state index in [0.29, 0.717) is 10.7 Å². The summed E-state index contributed by atoms with van der Waals surface area (Å²) in [4.78, 5) is 0.167. The maximum absolute atomic E-state index is 12.6. The monoisotopic (exact) mass is 373 g/mol. The molecule has 1 N–H and O–H groups in total. The topological polar surface area (TPSA) is 64.0 Å². The van der Waals surface area contributed by atoms with Crippen LogP contribution in [0.5, 0.6) is 0 Å². The molecule has 8 heteroatoms. The maximum Gasteiger partial charge on any atom is 0.265 e. The van der Waals surface area contributed by atoms with Gasteiger partial charge in [0.25, 0.3) is 10.0 Å². The molecule has 1 heterocycles. The molecule has 0 spiro atoms. The van der Waals surface area contributed by atoms with E-state index in [2.05, 4.69) is 9.82 Å². The van der Waals surface area contributed by atoms with E-state index in [-0.39, 0.29) is 21.6 Å². The van der Waals surface area contributed by atoms with Gasteiger partial charge in [-0.15, -0.1) is 0 Å². The molecule has 0 saturated heterocycles. The third-order valence-electron chi connectivity index (χ3n) is 4.06. The highest BCUT2D eigenvalue weighted by Crippen LogP contribution is 2.33. The van der Waals surface area contributed by atoms with Crippen molar-refractivity contribution in [1.82, 2.24) is 9.78 Å². The molecule has 0 atom stereocenters. The van der Waals surface area contributed by atoms with Crippen molar-refractivity contribution in [2.24, 2.45) is 0 Å². The van der Waals surface area contributed by atoms with Crippen LogP contribution in [0.4, 0.5) is 5.69 Å². The molecule has 23 heavy (non-hydrogen) atoms. The minimum absolute atomic E-state index is 0.167. The summed E-state index contributed by atoms with van der Waals surface area (Å²) in [5.41, 5.74) is 0.731. The molecule has 3 rings (SSSR count). The van der Waals surface area contributed by atoms with Crippen LogP contribution in [0.2, 0.25) is 10.0 Å². The van der Waals surface area contributed by atoms with Crippen LogP contribution in [0, 0.1) is 6.92 Å². The first-order chi connectivity index (χ1) is 10.9. The molecule has 5 nitrogen and oxygen atoms in total. The molecule has 1 fully saturated rings. The number of anilines is 1. The molecule has 0 radical (unpaired) electrons. The Balaban J connectivity index is 1.92. The fourth-order valence-electron chi connectivity index (χ4n) is 2.87. The summed E-state index contributed by atoms with van der Waals surface area (Å²) in [5, 5.41) is 4.85. The van der Waals surface area contributed by atoms with Crippen molar-refractivity contribution >= 4 is 38.9 Å². The number of hydrogen-bond acceptors (Lipinski definition) is 3. The Morgan fingerprint density at radius 1 is 1.26 bits per heavy atom. The Hall–Kier alpha value is -1.24. The van der Waals surface area contributed by atoms with E-state index >= 15 is 0 Å². The SMILES string of the molecule is Cc1nn(C2CCCC2)cc1S(=O)(=O)Nc1cccc(Cl)c1Cl. The number of sulfonamides is 1. The fourth-order valence-corrected chi connectivity index (χ4v) is 4.52. The van der Waals surface area contributed by atoms with Crippen molar-refractivity contribution in [3.8, 4) is 0 Å². The van der Waals surface area contributed by atoms with Gasteiger partial charge in [0.2, 0.25) is 0 Å². The van der Waals surface area contributed by atoms with E-state index in [1.54, 1.807) is 36.0 Å². The van der Waals surface area contributed by atoms with Crippen molar-refractivity contribution < 1.29 is 8.42 Å². The van der Waals surface area contributed by atoms with E-state index in [9.17, 15) is 8.42 Å². The molecule has 0 unspecified atom stereocenters. The predicted octanol–water partition coefficient (Wildman–Crippen LogP) is 4.41. The second kappa shape index (κ2) is 6.34. The molecule has 124 valence electrons. The smallest absolute Gasteiger partial charge is 0.265 e. The normalized spacial score (nSPS) is 16.0. The third-order valence-corrected chi connectivity index (χ3v) is 6.34. The maximum atomic E-state index is 12.6. The van der Waals surface area contributed by atoms with Gasteiger partial charge < -0.3 is 0 Å². The van der Waals surface area contributed by atoms with Crippen LogP contribution in [0.3, 0.4) is 0 Å². The van der Waals surface area contributed by atoms with Crippen molar-refractivity contribution in [3.63, 3.8) is 0 Å². The Bertz CT molecular complexity index is 827. The lowest BCUT2D eigenvalue weighted by atomic mass is 10.3. The predicted molar refractivity (Wildman–Crippen MR) is 91.7 cm³/mol. The van der Waals surface area contributed by atoms with Crippen molar-refractivity contribution in [2.45, 2.75) is 43.5 Å². The van der Waals surface area contributed by atoms with Gasteiger partial charge in [0.1, 0.15) is 4.90 Å². The van der Waals surface area contributed by atoms with Crippen LogP contribution in [0.15, 0.2) is 29.3 Å². The zero-order valence-corrected chi connectivity index (χ0v) is 14.9. The minimum atomic E-state index is -3.77. The van der Waals surface area contributed by atoms with Gasteiger partial charge in [-0.3, -0.25) is 9.40 Å². The fraction of sp³-hybridized carbons (Fsp3) is 0.400. The molecule has 2 aromatic rings. The highest BCUT2D eigenvalue weighted by atomic mass is 35.5. The molecule has 1 saturated carbocycles. The molecule has 1 aliphatic rings. The number of aromatic nitrogens is 2. The molecule has 0 bridgehead atoms. The van der Waals surface area contributed by atoms with E-state index in [4.69, 9.17) is 23.2 Å². The second-order valence-electron chi connectivity index (χ2n) is 5.70. The number of hydrogen-bond donors (Lipinski definition) is 1. The second-order valence-corrected chi connectivity index (χ2v) is 8.14.